The van der Waals surface area contributed by atoms with Crippen molar-refractivity contribution in [3.05, 3.63) is 18.0 Å². The van der Waals surface area contributed by atoms with E-state index in [2.05, 4.69) is 15.9 Å². The molecule has 1 aliphatic rings. The molecule has 38 valence electrons. The average molecular weight is 122 g/mol. The summed E-state index contributed by atoms with van der Waals surface area (Å²) in [7, 11) is 0. The minimum atomic E-state index is 0.977. The molecule has 0 saturated heterocycles. The summed E-state index contributed by atoms with van der Waals surface area (Å²) in [4.78, 5) is 0. The van der Waals surface area contributed by atoms with E-state index in [1.54, 1.807) is 6.20 Å². The molecule has 2 nitrogen and oxygen atoms in total. The Balaban J connectivity index is 2.67. The van der Waals surface area contributed by atoms with Gasteiger partial charge in [-0.15, -0.1) is 0 Å². The SMILES string of the molecule is [c]1nsc2c1C=C[N]2. The van der Waals surface area contributed by atoms with Crippen molar-refractivity contribution in [1.82, 2.24) is 9.69 Å². The van der Waals surface area contributed by atoms with Crippen LogP contribution < -0.4 is 5.32 Å². The van der Waals surface area contributed by atoms with Gasteiger partial charge in [0.1, 0.15) is 11.2 Å². The van der Waals surface area contributed by atoms with Gasteiger partial charge in [0.2, 0.25) is 0 Å². The minimum absolute atomic E-state index is 0.977. The molecule has 2 heterocycles. The van der Waals surface area contributed by atoms with E-state index in [9.17, 15) is 0 Å². The fraction of sp³-hybridized carbons (Fsp3) is 0. The van der Waals surface area contributed by atoms with Gasteiger partial charge < -0.3 is 0 Å². The Morgan fingerprint density at radius 3 is 3.50 bits per heavy atom. The third-order valence-corrected chi connectivity index (χ3v) is 1.64. The van der Waals surface area contributed by atoms with E-state index in [4.69, 9.17) is 0 Å². The van der Waals surface area contributed by atoms with Crippen LogP contribution in [0, 0.1) is 6.20 Å². The lowest BCUT2D eigenvalue weighted by Crippen LogP contribution is -1.71. The Labute approximate surface area is 51.0 Å². The molecule has 0 atom stereocenters. The lowest BCUT2D eigenvalue weighted by Gasteiger charge is -1.77. The second-order valence-electron chi connectivity index (χ2n) is 1.46. The Morgan fingerprint density at radius 2 is 2.62 bits per heavy atom. The third-order valence-electron chi connectivity index (χ3n) is 0.962. The average Bonchev–Trinajstić information content (AvgIpc) is 2.15. The second-order valence-corrected chi connectivity index (χ2v) is 2.21. The van der Waals surface area contributed by atoms with Gasteiger partial charge in [-0.25, -0.2) is 5.32 Å². The van der Waals surface area contributed by atoms with Gasteiger partial charge in [0.25, 0.3) is 0 Å². The number of aromatic nitrogens is 1. The summed E-state index contributed by atoms with van der Waals surface area (Å²) in [5.41, 5.74) is 1.02. The molecular weight excluding hydrogens is 120 g/mol. The molecule has 0 saturated carbocycles. The van der Waals surface area contributed by atoms with Crippen LogP contribution in [0.5, 0.6) is 0 Å². The molecule has 0 amide bonds. The maximum Gasteiger partial charge on any atom is 0.144 e. The van der Waals surface area contributed by atoms with E-state index >= 15 is 0 Å². The van der Waals surface area contributed by atoms with Crippen LogP contribution in [0.2, 0.25) is 0 Å². The van der Waals surface area contributed by atoms with Gasteiger partial charge in [0.05, 0.1) is 0 Å². The monoisotopic (exact) mass is 122 g/mol. The number of hydrogen-bond donors (Lipinski definition) is 0. The van der Waals surface area contributed by atoms with Crippen molar-refractivity contribution in [1.29, 1.82) is 0 Å². The number of nitrogens with zero attached hydrogens (tertiary/aromatic N) is 2. The first-order chi connectivity index (χ1) is 3.97. The molecule has 0 bridgehead atoms. The van der Waals surface area contributed by atoms with Crippen molar-refractivity contribution in [3.8, 4) is 0 Å². The maximum absolute atomic E-state index is 4.00. The normalized spacial score (nSPS) is 13.5. The summed E-state index contributed by atoms with van der Waals surface area (Å²) in [6, 6.07) is 0. The molecule has 0 aliphatic carbocycles. The highest BCUT2D eigenvalue weighted by Gasteiger charge is 2.06. The van der Waals surface area contributed by atoms with Crippen LogP contribution in [0.1, 0.15) is 5.56 Å². The van der Waals surface area contributed by atoms with Gasteiger partial charge in [0.15, 0.2) is 0 Å². The van der Waals surface area contributed by atoms with E-state index in [1.165, 1.54) is 11.5 Å². The first kappa shape index (κ1) is 4.09. The first-order valence-corrected chi connectivity index (χ1v) is 2.99. The quantitative estimate of drug-likeness (QED) is 0.507. The van der Waals surface area contributed by atoms with Crippen LogP contribution >= 0.6 is 11.5 Å². The molecule has 1 aromatic heterocycles. The maximum atomic E-state index is 4.00. The van der Waals surface area contributed by atoms with Gasteiger partial charge in [-0.05, 0) is 17.6 Å². The lowest BCUT2D eigenvalue weighted by atomic mass is 10.4. The Kier molecular flexibility index (Phi) is 0.676. The Morgan fingerprint density at radius 1 is 1.62 bits per heavy atom. The molecule has 1 aliphatic heterocycles. The highest BCUT2D eigenvalue weighted by Crippen LogP contribution is 2.25. The molecule has 1 aromatic rings. The van der Waals surface area contributed by atoms with Crippen molar-refractivity contribution >= 4 is 22.6 Å². The molecule has 0 unspecified atom stereocenters. The van der Waals surface area contributed by atoms with Crippen molar-refractivity contribution in [3.63, 3.8) is 0 Å². The predicted octanol–water partition coefficient (Wildman–Crippen LogP) is 1.16. The summed E-state index contributed by atoms with van der Waals surface area (Å²) in [6.07, 6.45) is 6.47. The Bertz CT molecular complexity index is 226. The second kappa shape index (κ2) is 1.32. The van der Waals surface area contributed by atoms with Crippen molar-refractivity contribution < 1.29 is 0 Å². The fourth-order valence-electron chi connectivity index (χ4n) is 0.593. The topological polar surface area (TPSA) is 27.0 Å². The summed E-state index contributed by atoms with van der Waals surface area (Å²) in [5, 5.41) is 4.98. The van der Waals surface area contributed by atoms with Crippen LogP contribution in [0.15, 0.2) is 6.20 Å². The fourth-order valence-corrected chi connectivity index (χ4v) is 1.14. The predicted molar refractivity (Wildman–Crippen MR) is 31.8 cm³/mol. The van der Waals surface area contributed by atoms with Gasteiger partial charge in [-0.3, -0.25) is 0 Å². The van der Waals surface area contributed by atoms with Gasteiger partial charge in [0, 0.05) is 11.8 Å². The van der Waals surface area contributed by atoms with E-state index in [1.807, 2.05) is 6.08 Å². The number of fused-ring (bicyclic) bond motifs is 1. The molecular formula is C5H2N2S. The van der Waals surface area contributed by atoms with E-state index in [0.717, 1.165) is 10.6 Å². The molecule has 8 heavy (non-hydrogen) atoms. The van der Waals surface area contributed by atoms with Crippen LogP contribution in [0.25, 0.3) is 6.08 Å². The summed E-state index contributed by atoms with van der Waals surface area (Å²) in [5.74, 6) is 0. The molecule has 0 spiro atoms. The van der Waals surface area contributed by atoms with Gasteiger partial charge in [-0.2, -0.15) is 4.37 Å². The third kappa shape index (κ3) is 0.391. The highest BCUT2D eigenvalue weighted by atomic mass is 32.1. The lowest BCUT2D eigenvalue weighted by molar-refractivity contribution is 1.26. The highest BCUT2D eigenvalue weighted by molar-refractivity contribution is 7.10. The van der Waals surface area contributed by atoms with Crippen LogP contribution in [0.3, 0.4) is 0 Å². The molecule has 2 radical (unpaired) electrons. The molecule has 3 heteroatoms. The van der Waals surface area contributed by atoms with E-state index in [-0.39, 0.29) is 0 Å². The van der Waals surface area contributed by atoms with E-state index in [0.29, 0.717) is 0 Å². The Hall–Kier alpha value is -0.830. The minimum Gasteiger partial charge on any atom is -0.244 e. The van der Waals surface area contributed by atoms with Crippen LogP contribution in [0.4, 0.5) is 5.00 Å². The summed E-state index contributed by atoms with van der Waals surface area (Å²) >= 11 is 1.38. The number of hydrogen-bond acceptors (Lipinski definition) is 2. The zero-order valence-electron chi connectivity index (χ0n) is 3.96. The van der Waals surface area contributed by atoms with Gasteiger partial charge >= 0.3 is 0 Å². The molecule has 0 aromatic carbocycles. The van der Waals surface area contributed by atoms with E-state index < -0.39 is 0 Å². The molecule has 0 N–H and O–H groups in total. The molecule has 0 fully saturated rings. The summed E-state index contributed by atoms with van der Waals surface area (Å²) in [6.45, 7) is 0. The number of rotatable bonds is 0. The van der Waals surface area contributed by atoms with Crippen molar-refractivity contribution in [2.75, 3.05) is 0 Å². The zero-order chi connectivity index (χ0) is 5.40. The van der Waals surface area contributed by atoms with Gasteiger partial charge in [-0.1, -0.05) is 0 Å². The first-order valence-electron chi connectivity index (χ1n) is 2.21. The smallest absolute Gasteiger partial charge is 0.144 e. The largest absolute Gasteiger partial charge is 0.244 e. The summed E-state index contributed by atoms with van der Waals surface area (Å²) < 4.78 is 3.82. The molecule has 2 rings (SSSR count). The van der Waals surface area contributed by atoms with Crippen LogP contribution in [-0.2, 0) is 0 Å². The standard InChI is InChI=1S/C5H2N2S/c1-2-6-5-4(1)3-7-8-5/h1-2H. The zero-order valence-corrected chi connectivity index (χ0v) is 4.77. The van der Waals surface area contributed by atoms with Crippen LogP contribution in [-0.4, -0.2) is 4.37 Å². The van der Waals surface area contributed by atoms with Crippen molar-refractivity contribution in [2.45, 2.75) is 0 Å². The van der Waals surface area contributed by atoms with Crippen molar-refractivity contribution in [2.24, 2.45) is 0 Å².